The summed E-state index contributed by atoms with van der Waals surface area (Å²) in [6, 6.07) is 8.00. The lowest BCUT2D eigenvalue weighted by Gasteiger charge is -2.05. The van der Waals surface area contributed by atoms with E-state index in [4.69, 9.17) is 4.74 Å². The molecule has 8 heteroatoms. The molecule has 0 bridgehead atoms. The number of ether oxygens (including phenoxy) is 1. The molecule has 0 spiro atoms. The van der Waals surface area contributed by atoms with Gasteiger partial charge in [-0.1, -0.05) is 35.0 Å². The summed E-state index contributed by atoms with van der Waals surface area (Å²) in [6.07, 6.45) is 1.32. The maximum Gasteiger partial charge on any atom is 0.326 e. The highest BCUT2D eigenvalue weighted by Crippen LogP contribution is 2.08. The van der Waals surface area contributed by atoms with Gasteiger partial charge in [-0.05, 0) is 19.4 Å². The molecule has 0 fully saturated rings. The van der Waals surface area contributed by atoms with E-state index in [0.29, 0.717) is 12.2 Å². The Hall–Kier alpha value is -3.03. The number of carbonyl (C=O) groups is 1. The Bertz CT molecular complexity index is 927. The number of carbonyl (C=O) groups excluding carboxylic acids is 1. The highest BCUT2D eigenvalue weighted by molar-refractivity contribution is 5.71. The molecular weight excluding hydrogens is 310 g/mol. The third-order valence-corrected chi connectivity index (χ3v) is 3.55. The molecule has 0 aliphatic rings. The highest BCUT2D eigenvalue weighted by atomic mass is 16.5. The van der Waals surface area contributed by atoms with Crippen molar-refractivity contribution < 1.29 is 9.53 Å². The van der Waals surface area contributed by atoms with Crippen molar-refractivity contribution >= 4 is 17.1 Å². The van der Waals surface area contributed by atoms with E-state index < -0.39 is 11.5 Å². The Morgan fingerprint density at radius 1 is 1.25 bits per heavy atom. The van der Waals surface area contributed by atoms with Crippen LogP contribution >= 0.6 is 0 Å². The molecule has 0 unspecified atom stereocenters. The number of hydrogen-bond acceptors (Lipinski definition) is 6. The van der Waals surface area contributed by atoms with Crippen molar-refractivity contribution in [2.45, 2.75) is 26.9 Å². The first-order valence-corrected chi connectivity index (χ1v) is 7.58. The molecule has 0 aliphatic carbocycles. The summed E-state index contributed by atoms with van der Waals surface area (Å²) in [7, 11) is 0. The van der Waals surface area contributed by atoms with Crippen molar-refractivity contribution in [2.75, 3.05) is 6.61 Å². The summed E-state index contributed by atoms with van der Waals surface area (Å²) in [6.45, 7) is 4.25. The van der Waals surface area contributed by atoms with Gasteiger partial charge in [-0.2, -0.15) is 0 Å². The predicted molar refractivity (Wildman–Crippen MR) is 86.5 cm³/mol. The Kier molecular flexibility index (Phi) is 4.37. The van der Waals surface area contributed by atoms with E-state index in [1.54, 1.807) is 11.6 Å². The van der Waals surface area contributed by atoms with Crippen LogP contribution in [-0.2, 0) is 22.6 Å². The number of fused-ring (bicyclic) bond motifs is 1. The summed E-state index contributed by atoms with van der Waals surface area (Å²) in [5.74, 6) is -0.493. The summed E-state index contributed by atoms with van der Waals surface area (Å²) in [4.78, 5) is 28.1. The molecule has 0 radical (unpaired) electrons. The lowest BCUT2D eigenvalue weighted by atomic mass is 10.1. The van der Waals surface area contributed by atoms with Gasteiger partial charge in [0.1, 0.15) is 12.9 Å². The summed E-state index contributed by atoms with van der Waals surface area (Å²) < 4.78 is 7.58. The Morgan fingerprint density at radius 2 is 2.00 bits per heavy atom. The largest absolute Gasteiger partial charge is 0.465 e. The zero-order valence-corrected chi connectivity index (χ0v) is 13.5. The van der Waals surface area contributed by atoms with Crippen molar-refractivity contribution in [1.82, 2.24) is 24.5 Å². The van der Waals surface area contributed by atoms with Crippen LogP contribution in [0.25, 0.3) is 11.2 Å². The van der Waals surface area contributed by atoms with Gasteiger partial charge >= 0.3 is 5.97 Å². The van der Waals surface area contributed by atoms with E-state index in [-0.39, 0.29) is 18.7 Å². The molecule has 0 saturated carbocycles. The van der Waals surface area contributed by atoms with Crippen LogP contribution < -0.4 is 5.56 Å². The number of nitrogens with zero attached hydrogens (tertiary/aromatic N) is 5. The Morgan fingerprint density at radius 3 is 2.71 bits per heavy atom. The first kappa shape index (κ1) is 15.9. The fourth-order valence-electron chi connectivity index (χ4n) is 2.32. The zero-order chi connectivity index (χ0) is 17.1. The molecule has 8 nitrogen and oxygen atoms in total. The zero-order valence-electron chi connectivity index (χ0n) is 13.5. The fraction of sp³-hybridized carbons (Fsp3) is 0.312. The van der Waals surface area contributed by atoms with E-state index in [2.05, 4.69) is 15.3 Å². The van der Waals surface area contributed by atoms with E-state index in [0.717, 1.165) is 5.56 Å². The van der Waals surface area contributed by atoms with Gasteiger partial charge in [0.05, 0.1) is 13.2 Å². The van der Waals surface area contributed by atoms with E-state index in [1.807, 2.05) is 31.2 Å². The molecule has 2 heterocycles. The Labute approximate surface area is 137 Å². The van der Waals surface area contributed by atoms with Crippen LogP contribution in [0.5, 0.6) is 0 Å². The fourth-order valence-corrected chi connectivity index (χ4v) is 2.32. The number of aromatic nitrogens is 5. The van der Waals surface area contributed by atoms with Gasteiger partial charge in [0, 0.05) is 0 Å². The third kappa shape index (κ3) is 3.17. The van der Waals surface area contributed by atoms with E-state index in [1.165, 1.54) is 16.5 Å². The lowest BCUT2D eigenvalue weighted by molar-refractivity contribution is -0.143. The molecule has 1 aromatic carbocycles. The summed E-state index contributed by atoms with van der Waals surface area (Å²) in [5, 5.41) is 7.92. The Balaban J connectivity index is 1.90. The quantitative estimate of drug-likeness (QED) is 0.647. The molecule has 3 rings (SSSR count). The average molecular weight is 327 g/mol. The van der Waals surface area contributed by atoms with Crippen molar-refractivity contribution in [3.63, 3.8) is 0 Å². The first-order valence-electron chi connectivity index (χ1n) is 7.58. The van der Waals surface area contributed by atoms with Crippen LogP contribution in [-0.4, -0.2) is 37.1 Å². The van der Waals surface area contributed by atoms with Gasteiger partial charge in [0.2, 0.25) is 0 Å². The highest BCUT2D eigenvalue weighted by Gasteiger charge is 2.14. The van der Waals surface area contributed by atoms with Gasteiger partial charge in [0.15, 0.2) is 11.2 Å². The number of esters is 1. The van der Waals surface area contributed by atoms with Gasteiger partial charge in [-0.25, -0.2) is 9.67 Å². The minimum atomic E-state index is -0.493. The van der Waals surface area contributed by atoms with Crippen LogP contribution in [0.4, 0.5) is 0 Å². The third-order valence-electron chi connectivity index (χ3n) is 3.55. The SMILES string of the molecule is CCOC(=O)Cn1cnc2c(nnn2Cc2ccc(C)cc2)c1=O. The molecule has 2 aromatic heterocycles. The lowest BCUT2D eigenvalue weighted by Crippen LogP contribution is -2.26. The molecule has 24 heavy (non-hydrogen) atoms. The number of aryl methyl sites for hydroxylation is 1. The monoisotopic (exact) mass is 327 g/mol. The maximum absolute atomic E-state index is 12.4. The van der Waals surface area contributed by atoms with Gasteiger partial charge in [-0.3, -0.25) is 14.2 Å². The van der Waals surface area contributed by atoms with Crippen molar-refractivity contribution in [1.29, 1.82) is 0 Å². The molecule has 0 aliphatic heterocycles. The number of rotatable bonds is 5. The molecule has 0 amide bonds. The minimum absolute atomic E-state index is 0.133. The van der Waals surface area contributed by atoms with Crippen LogP contribution in [0.15, 0.2) is 35.4 Å². The second-order valence-electron chi connectivity index (χ2n) is 5.39. The van der Waals surface area contributed by atoms with Gasteiger partial charge in [0.25, 0.3) is 5.56 Å². The van der Waals surface area contributed by atoms with E-state index >= 15 is 0 Å². The average Bonchev–Trinajstić information content (AvgIpc) is 2.96. The molecular formula is C16H17N5O3. The van der Waals surface area contributed by atoms with Crippen LogP contribution in [0.2, 0.25) is 0 Å². The summed E-state index contributed by atoms with van der Waals surface area (Å²) >= 11 is 0. The molecule has 0 atom stereocenters. The smallest absolute Gasteiger partial charge is 0.326 e. The van der Waals surface area contributed by atoms with Crippen LogP contribution in [0, 0.1) is 6.92 Å². The predicted octanol–water partition coefficient (Wildman–Crippen LogP) is 0.908. The van der Waals surface area contributed by atoms with Crippen LogP contribution in [0.3, 0.4) is 0 Å². The molecule has 0 N–H and O–H groups in total. The summed E-state index contributed by atoms with van der Waals surface area (Å²) in [5.41, 5.74) is 2.31. The molecule has 3 aromatic rings. The number of benzene rings is 1. The minimum Gasteiger partial charge on any atom is -0.465 e. The van der Waals surface area contributed by atoms with Crippen LogP contribution in [0.1, 0.15) is 18.1 Å². The maximum atomic E-state index is 12.4. The van der Waals surface area contributed by atoms with Crippen molar-refractivity contribution in [2.24, 2.45) is 0 Å². The van der Waals surface area contributed by atoms with E-state index in [9.17, 15) is 9.59 Å². The second-order valence-corrected chi connectivity index (χ2v) is 5.39. The number of hydrogen-bond donors (Lipinski definition) is 0. The van der Waals surface area contributed by atoms with Gasteiger partial charge in [-0.15, -0.1) is 5.10 Å². The van der Waals surface area contributed by atoms with Gasteiger partial charge < -0.3 is 4.74 Å². The normalized spacial score (nSPS) is 10.9. The standard InChI is InChI=1S/C16H17N5O3/c1-3-24-13(22)9-20-10-17-15-14(16(20)23)18-19-21(15)8-12-6-4-11(2)5-7-12/h4-7,10H,3,8-9H2,1-2H3. The first-order chi connectivity index (χ1) is 11.6. The van der Waals surface area contributed by atoms with Crippen molar-refractivity contribution in [3.8, 4) is 0 Å². The second kappa shape index (κ2) is 6.61. The topological polar surface area (TPSA) is 91.9 Å². The molecule has 0 saturated heterocycles. The molecule has 124 valence electrons. The van der Waals surface area contributed by atoms with Crippen molar-refractivity contribution in [3.05, 3.63) is 52.1 Å².